The van der Waals surface area contributed by atoms with Crippen LogP contribution in [0.5, 0.6) is 0 Å². The average Bonchev–Trinajstić information content (AvgIpc) is 3.25. The van der Waals surface area contributed by atoms with E-state index < -0.39 is 0 Å². The van der Waals surface area contributed by atoms with E-state index in [0.29, 0.717) is 12.0 Å². The molecule has 6 nitrogen and oxygen atoms in total. The van der Waals surface area contributed by atoms with E-state index in [1.807, 2.05) is 12.3 Å². The van der Waals surface area contributed by atoms with E-state index in [2.05, 4.69) is 66.8 Å². The molecule has 1 N–H and O–H groups in total. The molecule has 0 spiro atoms. The maximum atomic E-state index is 9.61. The maximum Gasteiger partial charge on any atom is 0.233 e. The summed E-state index contributed by atoms with van der Waals surface area (Å²) in [7, 11) is 0. The zero-order valence-electron chi connectivity index (χ0n) is 17.5. The summed E-state index contributed by atoms with van der Waals surface area (Å²) in [5.41, 5.74) is 2.60. The number of nitrogens with zero attached hydrogens (tertiary/aromatic N) is 5. The molecule has 1 unspecified atom stereocenters. The second-order valence-electron chi connectivity index (χ2n) is 7.94. The van der Waals surface area contributed by atoms with Crippen LogP contribution in [0.1, 0.15) is 24.1 Å². The molecule has 158 valence electrons. The van der Waals surface area contributed by atoms with Gasteiger partial charge in [-0.1, -0.05) is 30.3 Å². The summed E-state index contributed by atoms with van der Waals surface area (Å²) < 4.78 is 2.06. The molecule has 1 saturated heterocycles. The highest BCUT2D eigenvalue weighted by atomic mass is 16.3. The van der Waals surface area contributed by atoms with Crippen molar-refractivity contribution in [2.24, 2.45) is 0 Å². The van der Waals surface area contributed by atoms with E-state index in [1.54, 1.807) is 12.4 Å². The molecule has 3 heterocycles. The van der Waals surface area contributed by atoms with Crippen LogP contribution >= 0.6 is 0 Å². The van der Waals surface area contributed by atoms with Crippen molar-refractivity contribution in [1.29, 1.82) is 0 Å². The minimum absolute atomic E-state index is 0.238. The van der Waals surface area contributed by atoms with Crippen molar-refractivity contribution in [3.05, 3.63) is 78.4 Å². The molecule has 4 rings (SSSR count). The summed E-state index contributed by atoms with van der Waals surface area (Å²) in [4.78, 5) is 13.8. The fourth-order valence-corrected chi connectivity index (χ4v) is 4.33. The lowest BCUT2D eigenvalue weighted by atomic mass is 10.1. The van der Waals surface area contributed by atoms with Gasteiger partial charge in [-0.15, -0.1) is 0 Å². The van der Waals surface area contributed by atoms with Crippen LogP contribution in [0.2, 0.25) is 0 Å². The molecule has 0 amide bonds. The largest absolute Gasteiger partial charge is 0.396 e. The highest BCUT2D eigenvalue weighted by Crippen LogP contribution is 2.18. The number of aryl methyl sites for hydroxylation is 1. The second kappa shape index (κ2) is 10.5. The molecule has 1 aromatic carbocycles. The van der Waals surface area contributed by atoms with Crippen molar-refractivity contribution in [3.8, 4) is 5.95 Å². The monoisotopic (exact) mass is 405 g/mol. The van der Waals surface area contributed by atoms with Gasteiger partial charge in [-0.3, -0.25) is 14.4 Å². The topological polar surface area (TPSA) is 57.4 Å². The number of hydrogen-bond donors (Lipinski definition) is 1. The quantitative estimate of drug-likeness (QED) is 0.593. The second-order valence-corrected chi connectivity index (χ2v) is 7.94. The van der Waals surface area contributed by atoms with Gasteiger partial charge < -0.3 is 5.11 Å². The molecule has 1 atom stereocenters. The normalized spacial score (nSPS) is 18.0. The Bertz CT molecular complexity index is 883. The van der Waals surface area contributed by atoms with Gasteiger partial charge in [0.1, 0.15) is 0 Å². The number of hydrogen-bond acceptors (Lipinski definition) is 5. The van der Waals surface area contributed by atoms with Crippen molar-refractivity contribution in [3.63, 3.8) is 0 Å². The van der Waals surface area contributed by atoms with Crippen LogP contribution in [0.15, 0.2) is 67.1 Å². The van der Waals surface area contributed by atoms with Gasteiger partial charge in [0.2, 0.25) is 5.95 Å². The predicted octanol–water partition coefficient (Wildman–Crippen LogP) is 2.77. The van der Waals surface area contributed by atoms with Gasteiger partial charge in [-0.25, -0.2) is 9.97 Å². The third-order valence-electron chi connectivity index (χ3n) is 5.89. The Morgan fingerprint density at radius 1 is 0.967 bits per heavy atom. The number of piperazine rings is 1. The summed E-state index contributed by atoms with van der Waals surface area (Å²) in [5, 5.41) is 9.61. The highest BCUT2D eigenvalue weighted by Gasteiger charge is 2.26. The van der Waals surface area contributed by atoms with Gasteiger partial charge in [0.15, 0.2) is 0 Å². The molecular formula is C24H31N5O. The van der Waals surface area contributed by atoms with E-state index in [9.17, 15) is 5.11 Å². The van der Waals surface area contributed by atoms with Crippen LogP contribution in [-0.2, 0) is 13.0 Å². The van der Waals surface area contributed by atoms with Gasteiger partial charge in [-0.05, 0) is 49.6 Å². The Hall–Kier alpha value is -2.54. The van der Waals surface area contributed by atoms with Crippen LogP contribution < -0.4 is 0 Å². The Balaban J connectivity index is 1.34. The van der Waals surface area contributed by atoms with Gasteiger partial charge in [0, 0.05) is 63.1 Å². The molecule has 0 saturated carbocycles. The zero-order valence-corrected chi connectivity index (χ0v) is 17.5. The molecule has 2 aromatic heterocycles. The van der Waals surface area contributed by atoms with Gasteiger partial charge in [-0.2, -0.15) is 0 Å². The molecule has 0 aliphatic carbocycles. The number of aromatic nitrogens is 3. The van der Waals surface area contributed by atoms with Crippen molar-refractivity contribution >= 4 is 0 Å². The Morgan fingerprint density at radius 2 is 1.80 bits per heavy atom. The van der Waals surface area contributed by atoms with E-state index in [4.69, 9.17) is 0 Å². The number of rotatable bonds is 9. The van der Waals surface area contributed by atoms with Gasteiger partial charge in [0.05, 0.1) is 0 Å². The van der Waals surface area contributed by atoms with E-state index >= 15 is 0 Å². The fourth-order valence-electron chi connectivity index (χ4n) is 4.33. The summed E-state index contributed by atoms with van der Waals surface area (Å²) in [6, 6.07) is 17.1. The third kappa shape index (κ3) is 5.33. The first-order valence-corrected chi connectivity index (χ1v) is 10.9. The zero-order chi connectivity index (χ0) is 20.6. The minimum Gasteiger partial charge on any atom is -0.396 e. The summed E-state index contributed by atoms with van der Waals surface area (Å²) in [6.45, 7) is 5.25. The van der Waals surface area contributed by atoms with Crippen molar-refractivity contribution in [2.45, 2.75) is 31.8 Å². The maximum absolute atomic E-state index is 9.61. The van der Waals surface area contributed by atoms with Crippen LogP contribution in [0.4, 0.5) is 0 Å². The summed E-state index contributed by atoms with van der Waals surface area (Å²) in [5.74, 6) is 0.712. The minimum atomic E-state index is 0.238. The Kier molecular flexibility index (Phi) is 7.24. The molecular weight excluding hydrogens is 374 g/mol. The molecule has 30 heavy (non-hydrogen) atoms. The summed E-state index contributed by atoms with van der Waals surface area (Å²) >= 11 is 0. The van der Waals surface area contributed by atoms with E-state index in [-0.39, 0.29) is 6.61 Å². The average molecular weight is 406 g/mol. The van der Waals surface area contributed by atoms with E-state index in [0.717, 1.165) is 52.0 Å². The standard InChI is InChI=1S/C24H31N5O/c30-18-11-22-19-27(16-17-28(22)14-4-9-21-7-2-1-3-8-21)20-23-10-5-15-29(23)24-25-12-6-13-26-24/h1-3,5-8,10,12-13,15,22,30H,4,9,11,14,16-20H2. The highest BCUT2D eigenvalue weighted by molar-refractivity contribution is 5.20. The lowest BCUT2D eigenvalue weighted by Gasteiger charge is -2.41. The first kappa shape index (κ1) is 20.7. The molecule has 6 heteroatoms. The van der Waals surface area contributed by atoms with Crippen LogP contribution in [0.25, 0.3) is 5.95 Å². The van der Waals surface area contributed by atoms with Crippen LogP contribution in [0, 0.1) is 0 Å². The number of aliphatic hydroxyl groups is 1. The predicted molar refractivity (Wildman–Crippen MR) is 118 cm³/mol. The van der Waals surface area contributed by atoms with Crippen LogP contribution in [-0.4, -0.2) is 68.3 Å². The molecule has 1 aliphatic rings. The Morgan fingerprint density at radius 3 is 2.60 bits per heavy atom. The lowest BCUT2D eigenvalue weighted by molar-refractivity contribution is 0.0538. The van der Waals surface area contributed by atoms with Crippen molar-refractivity contribution < 1.29 is 5.11 Å². The Labute approximate surface area is 178 Å². The molecule has 1 aliphatic heterocycles. The molecule has 3 aromatic rings. The first-order chi connectivity index (χ1) is 14.8. The molecule has 0 radical (unpaired) electrons. The van der Waals surface area contributed by atoms with Crippen LogP contribution in [0.3, 0.4) is 0 Å². The van der Waals surface area contributed by atoms with Crippen molar-refractivity contribution in [2.75, 3.05) is 32.8 Å². The van der Waals surface area contributed by atoms with Gasteiger partial charge in [0.25, 0.3) is 0 Å². The molecule has 0 bridgehead atoms. The third-order valence-corrected chi connectivity index (χ3v) is 5.89. The van der Waals surface area contributed by atoms with Crippen molar-refractivity contribution in [1.82, 2.24) is 24.3 Å². The first-order valence-electron chi connectivity index (χ1n) is 10.9. The van der Waals surface area contributed by atoms with Gasteiger partial charge >= 0.3 is 0 Å². The molecule has 1 fully saturated rings. The summed E-state index contributed by atoms with van der Waals surface area (Å²) in [6.07, 6.45) is 8.66. The smallest absolute Gasteiger partial charge is 0.233 e. The number of aliphatic hydroxyl groups excluding tert-OH is 1. The van der Waals surface area contributed by atoms with E-state index in [1.165, 1.54) is 11.3 Å². The number of benzene rings is 1. The fraction of sp³-hybridized carbons (Fsp3) is 0.417. The SMILES string of the molecule is OCCC1CN(Cc2cccn2-c2ncccn2)CCN1CCCc1ccccc1. The lowest BCUT2D eigenvalue weighted by Crippen LogP contribution is -2.53.